The highest BCUT2D eigenvalue weighted by molar-refractivity contribution is 7.98. The molecule has 166 valence electrons. The second-order valence-electron chi connectivity index (χ2n) is 6.75. The number of ether oxygens (including phenoxy) is 1. The zero-order valence-corrected chi connectivity index (χ0v) is 18.5. The largest absolute Gasteiger partial charge is 0.467 e. The molecule has 0 aliphatic rings. The summed E-state index contributed by atoms with van der Waals surface area (Å²) in [5, 5.41) is 9.72. The molecular formula is C22H23N5O4S. The number of amides is 2. The first kappa shape index (κ1) is 23.0. The first-order valence-corrected chi connectivity index (χ1v) is 11.2. The molecule has 2 aromatic heterocycles. The van der Waals surface area contributed by atoms with Gasteiger partial charge in [-0.1, -0.05) is 0 Å². The zero-order chi connectivity index (χ0) is 22.9. The van der Waals surface area contributed by atoms with Crippen LogP contribution in [-0.2, 0) is 9.53 Å². The molecule has 3 aromatic rings. The maximum absolute atomic E-state index is 12.5. The van der Waals surface area contributed by atoms with Crippen molar-refractivity contribution in [3.63, 3.8) is 0 Å². The summed E-state index contributed by atoms with van der Waals surface area (Å²) in [5.41, 5.74) is 2.08. The standard InChI is InChI=1S/C22H23N5O4S/c1-31-22(30)19(9-11-32-2)26-20(28)15-5-7-18(8-6-15)27-14-17(13-24-27)25-21(29)16-4-3-10-23-12-16/h3-8,10,12-14,19H,9,11H2,1-2H3,(H,25,29)(H,26,28). The normalized spacial score (nSPS) is 11.4. The van der Waals surface area contributed by atoms with Gasteiger partial charge in [-0.25, -0.2) is 9.48 Å². The highest BCUT2D eigenvalue weighted by Gasteiger charge is 2.21. The quantitative estimate of drug-likeness (QED) is 0.479. The van der Waals surface area contributed by atoms with E-state index in [1.165, 1.54) is 19.5 Å². The third kappa shape index (κ3) is 5.94. The molecule has 0 spiro atoms. The van der Waals surface area contributed by atoms with Crippen LogP contribution in [0.1, 0.15) is 27.1 Å². The van der Waals surface area contributed by atoms with Crippen LogP contribution in [0, 0.1) is 0 Å². The molecule has 1 unspecified atom stereocenters. The number of thioether (sulfide) groups is 1. The second kappa shape index (κ2) is 11.1. The molecule has 0 radical (unpaired) electrons. The molecule has 2 N–H and O–H groups in total. The fourth-order valence-electron chi connectivity index (χ4n) is 2.86. The van der Waals surface area contributed by atoms with Crippen molar-refractivity contribution < 1.29 is 19.1 Å². The van der Waals surface area contributed by atoms with Gasteiger partial charge in [-0.05, 0) is 54.8 Å². The van der Waals surface area contributed by atoms with E-state index < -0.39 is 12.0 Å². The van der Waals surface area contributed by atoms with Crippen LogP contribution in [-0.4, -0.2) is 57.7 Å². The molecule has 0 bridgehead atoms. The van der Waals surface area contributed by atoms with Gasteiger partial charge in [0.1, 0.15) is 6.04 Å². The summed E-state index contributed by atoms with van der Waals surface area (Å²) in [6, 6.07) is 9.39. The fraction of sp³-hybridized carbons (Fsp3) is 0.227. The number of hydrogen-bond donors (Lipinski definition) is 2. The van der Waals surface area contributed by atoms with Gasteiger partial charge in [0.05, 0.1) is 36.4 Å². The summed E-state index contributed by atoms with van der Waals surface area (Å²) >= 11 is 1.59. The number of carbonyl (C=O) groups is 3. The molecule has 1 aromatic carbocycles. The average molecular weight is 454 g/mol. The minimum Gasteiger partial charge on any atom is -0.467 e. The van der Waals surface area contributed by atoms with Crippen molar-refractivity contribution in [2.24, 2.45) is 0 Å². The van der Waals surface area contributed by atoms with Crippen LogP contribution in [0.15, 0.2) is 61.2 Å². The molecule has 0 saturated carbocycles. The number of nitrogens with zero attached hydrogens (tertiary/aromatic N) is 3. The molecule has 9 nitrogen and oxygen atoms in total. The smallest absolute Gasteiger partial charge is 0.328 e. The van der Waals surface area contributed by atoms with Crippen molar-refractivity contribution in [2.75, 3.05) is 24.4 Å². The van der Waals surface area contributed by atoms with Crippen molar-refractivity contribution in [3.05, 3.63) is 72.3 Å². The maximum atomic E-state index is 12.5. The first-order chi connectivity index (χ1) is 15.5. The molecule has 3 rings (SSSR count). The predicted molar refractivity (Wildman–Crippen MR) is 122 cm³/mol. The van der Waals surface area contributed by atoms with Crippen LogP contribution in [0.4, 0.5) is 5.69 Å². The highest BCUT2D eigenvalue weighted by atomic mass is 32.2. The number of carbonyl (C=O) groups excluding carboxylic acids is 3. The van der Waals surface area contributed by atoms with Crippen molar-refractivity contribution in [3.8, 4) is 5.69 Å². The lowest BCUT2D eigenvalue weighted by Crippen LogP contribution is -2.41. The predicted octanol–water partition coefficient (Wildman–Crippen LogP) is 2.54. The summed E-state index contributed by atoms with van der Waals surface area (Å²) < 4.78 is 6.35. The van der Waals surface area contributed by atoms with Crippen LogP contribution in [0.5, 0.6) is 0 Å². The first-order valence-electron chi connectivity index (χ1n) is 9.76. The van der Waals surface area contributed by atoms with Gasteiger partial charge >= 0.3 is 5.97 Å². The number of benzene rings is 1. The van der Waals surface area contributed by atoms with Gasteiger partial charge in [0.15, 0.2) is 0 Å². The van der Waals surface area contributed by atoms with Gasteiger partial charge in [0, 0.05) is 18.0 Å². The number of esters is 1. The van der Waals surface area contributed by atoms with E-state index in [2.05, 4.69) is 20.7 Å². The van der Waals surface area contributed by atoms with Crippen molar-refractivity contribution >= 4 is 35.2 Å². The highest BCUT2D eigenvalue weighted by Crippen LogP contribution is 2.14. The summed E-state index contributed by atoms with van der Waals surface area (Å²) in [4.78, 5) is 40.6. The minimum absolute atomic E-state index is 0.286. The van der Waals surface area contributed by atoms with Gasteiger partial charge in [-0.2, -0.15) is 16.9 Å². The Morgan fingerprint density at radius 3 is 2.53 bits per heavy atom. The third-order valence-electron chi connectivity index (χ3n) is 4.56. The Kier molecular flexibility index (Phi) is 7.98. The monoisotopic (exact) mass is 453 g/mol. The Morgan fingerprint density at radius 1 is 1.09 bits per heavy atom. The van der Waals surface area contributed by atoms with E-state index in [0.717, 1.165) is 5.75 Å². The number of nitrogens with one attached hydrogen (secondary N) is 2. The number of pyridine rings is 1. The van der Waals surface area contributed by atoms with Crippen molar-refractivity contribution in [1.29, 1.82) is 0 Å². The zero-order valence-electron chi connectivity index (χ0n) is 17.6. The van der Waals surface area contributed by atoms with E-state index >= 15 is 0 Å². The number of methoxy groups -OCH3 is 1. The Morgan fingerprint density at radius 2 is 1.88 bits per heavy atom. The van der Waals surface area contributed by atoms with Gasteiger partial charge in [-0.3, -0.25) is 14.6 Å². The van der Waals surface area contributed by atoms with Gasteiger partial charge in [0.25, 0.3) is 11.8 Å². The van der Waals surface area contributed by atoms with E-state index in [0.29, 0.717) is 28.9 Å². The Labute approximate surface area is 189 Å². The lowest BCUT2D eigenvalue weighted by Gasteiger charge is -2.16. The number of anilines is 1. The van der Waals surface area contributed by atoms with E-state index in [1.807, 2.05) is 6.26 Å². The van der Waals surface area contributed by atoms with Gasteiger partial charge in [0.2, 0.25) is 0 Å². The van der Waals surface area contributed by atoms with Crippen LogP contribution in [0.25, 0.3) is 5.69 Å². The molecule has 0 saturated heterocycles. The lowest BCUT2D eigenvalue weighted by molar-refractivity contribution is -0.142. The topological polar surface area (TPSA) is 115 Å². The van der Waals surface area contributed by atoms with Crippen molar-refractivity contribution in [1.82, 2.24) is 20.1 Å². The molecule has 2 heterocycles. The molecule has 10 heteroatoms. The summed E-state index contributed by atoms with van der Waals surface area (Å²) in [5.74, 6) is -0.400. The molecule has 2 amide bonds. The lowest BCUT2D eigenvalue weighted by atomic mass is 10.1. The Bertz CT molecular complexity index is 1070. The van der Waals surface area contributed by atoms with Gasteiger partial charge < -0.3 is 15.4 Å². The molecular weight excluding hydrogens is 430 g/mol. The minimum atomic E-state index is -0.697. The van der Waals surface area contributed by atoms with E-state index in [4.69, 9.17) is 4.74 Å². The summed E-state index contributed by atoms with van der Waals surface area (Å²) in [7, 11) is 1.30. The van der Waals surface area contributed by atoms with Gasteiger partial charge in [-0.15, -0.1) is 0 Å². The van der Waals surface area contributed by atoms with Crippen molar-refractivity contribution in [2.45, 2.75) is 12.5 Å². The molecule has 32 heavy (non-hydrogen) atoms. The van der Waals surface area contributed by atoms with Crippen LogP contribution in [0.3, 0.4) is 0 Å². The summed E-state index contributed by atoms with van der Waals surface area (Å²) in [6.45, 7) is 0. The fourth-order valence-corrected chi connectivity index (χ4v) is 3.33. The second-order valence-corrected chi connectivity index (χ2v) is 7.73. The SMILES string of the molecule is COC(=O)C(CCSC)NC(=O)c1ccc(-n2cc(NC(=O)c3cccnc3)cn2)cc1. The van der Waals surface area contributed by atoms with Crippen LogP contribution < -0.4 is 10.6 Å². The molecule has 0 aliphatic carbocycles. The molecule has 1 atom stereocenters. The van der Waals surface area contributed by atoms with E-state index in [-0.39, 0.29) is 11.8 Å². The average Bonchev–Trinajstić information content (AvgIpc) is 3.30. The third-order valence-corrected chi connectivity index (χ3v) is 5.20. The Balaban J connectivity index is 1.64. The van der Waals surface area contributed by atoms with Crippen LogP contribution >= 0.6 is 11.8 Å². The number of rotatable bonds is 9. The molecule has 0 fully saturated rings. The molecule has 0 aliphatic heterocycles. The Hall–Kier alpha value is -3.66. The maximum Gasteiger partial charge on any atom is 0.328 e. The van der Waals surface area contributed by atoms with E-state index in [1.54, 1.807) is 65.2 Å². The number of aromatic nitrogens is 3. The number of hydrogen-bond acceptors (Lipinski definition) is 7. The summed E-state index contributed by atoms with van der Waals surface area (Å²) in [6.07, 6.45) is 8.69. The van der Waals surface area contributed by atoms with E-state index in [9.17, 15) is 14.4 Å². The van der Waals surface area contributed by atoms with Crippen LogP contribution in [0.2, 0.25) is 0 Å².